The average molecular weight is 590 g/mol. The summed E-state index contributed by atoms with van der Waals surface area (Å²) in [5, 5.41) is 7.60. The Morgan fingerprint density at radius 1 is 1.00 bits per heavy atom. The van der Waals surface area contributed by atoms with E-state index >= 15 is 0 Å². The van der Waals surface area contributed by atoms with Crippen molar-refractivity contribution in [1.82, 2.24) is 15.1 Å². The van der Waals surface area contributed by atoms with E-state index in [1.807, 2.05) is 30.3 Å². The van der Waals surface area contributed by atoms with Crippen LogP contribution in [0, 0.1) is 5.82 Å². The van der Waals surface area contributed by atoms with Crippen molar-refractivity contribution >= 4 is 33.7 Å². The number of nitrogens with zero attached hydrogens (tertiary/aromatic N) is 2. The van der Waals surface area contributed by atoms with E-state index < -0.39 is 5.91 Å². The van der Waals surface area contributed by atoms with E-state index in [4.69, 9.17) is 9.84 Å². The Morgan fingerprint density at radius 2 is 1.69 bits per heavy atom. The molecule has 0 spiro atoms. The molecule has 1 aromatic heterocycles. The van der Waals surface area contributed by atoms with Gasteiger partial charge >= 0.3 is 0 Å². The molecule has 1 aliphatic rings. The molecule has 198 valence electrons. The third-order valence-corrected chi connectivity index (χ3v) is 6.97. The number of morpholine rings is 1. The molecule has 0 unspecified atom stereocenters. The maximum atomic E-state index is 13.7. The molecule has 9 heteroatoms. The molecule has 39 heavy (non-hydrogen) atoms. The van der Waals surface area contributed by atoms with E-state index in [9.17, 15) is 14.0 Å². The fourth-order valence-corrected chi connectivity index (χ4v) is 4.60. The van der Waals surface area contributed by atoms with Gasteiger partial charge in [0.15, 0.2) is 0 Å². The molecule has 1 amide bonds. The number of para-hydroxylation sites is 1. The maximum Gasteiger partial charge on any atom is 0.255 e. The predicted molar refractivity (Wildman–Crippen MR) is 150 cm³/mol. The Kier molecular flexibility index (Phi) is 8.41. The van der Waals surface area contributed by atoms with Crippen LogP contribution in [-0.2, 0) is 9.53 Å². The molecule has 0 atom stereocenters. The summed E-state index contributed by atoms with van der Waals surface area (Å²) in [5.74, 6) is -0.947. The molecule has 0 radical (unpaired) electrons. The normalized spacial score (nSPS) is 14.3. The second-order valence-electron chi connectivity index (χ2n) is 9.20. The SMILES string of the molecule is O=C(C[NH+]1CCOCC1)/C(=C/c1cn(-c2ccccc2)nc1-c1ccc(F)cc1)NC(=O)c1ccc(Br)cc1. The van der Waals surface area contributed by atoms with Gasteiger partial charge in [-0.05, 0) is 66.7 Å². The Bertz CT molecular complexity index is 1480. The van der Waals surface area contributed by atoms with Crippen molar-refractivity contribution in [2.75, 3.05) is 32.8 Å². The third-order valence-electron chi connectivity index (χ3n) is 6.45. The van der Waals surface area contributed by atoms with Crippen LogP contribution in [0.2, 0.25) is 0 Å². The lowest BCUT2D eigenvalue weighted by atomic mass is 10.1. The molecular formula is C30H27BrFN4O3+. The second-order valence-corrected chi connectivity index (χ2v) is 10.1. The van der Waals surface area contributed by atoms with Gasteiger partial charge in [0.1, 0.15) is 31.1 Å². The smallest absolute Gasteiger partial charge is 0.255 e. The minimum Gasteiger partial charge on any atom is -0.370 e. The van der Waals surface area contributed by atoms with Crippen molar-refractivity contribution in [2.45, 2.75) is 0 Å². The summed E-state index contributed by atoms with van der Waals surface area (Å²) in [4.78, 5) is 27.8. The van der Waals surface area contributed by atoms with Crippen molar-refractivity contribution in [3.05, 3.63) is 112 Å². The number of ether oxygens (including phenoxy) is 1. The molecule has 2 N–H and O–H groups in total. The second kappa shape index (κ2) is 12.3. The van der Waals surface area contributed by atoms with Crippen molar-refractivity contribution in [3.63, 3.8) is 0 Å². The van der Waals surface area contributed by atoms with Gasteiger partial charge in [0.25, 0.3) is 5.91 Å². The van der Waals surface area contributed by atoms with E-state index in [1.165, 1.54) is 12.1 Å². The van der Waals surface area contributed by atoms with Crippen LogP contribution < -0.4 is 10.2 Å². The first-order chi connectivity index (χ1) is 19.0. The van der Waals surface area contributed by atoms with Crippen molar-refractivity contribution in [1.29, 1.82) is 0 Å². The summed E-state index contributed by atoms with van der Waals surface area (Å²) in [6.45, 7) is 2.82. The summed E-state index contributed by atoms with van der Waals surface area (Å²) in [5.41, 5.74) is 3.27. The lowest BCUT2D eigenvalue weighted by molar-refractivity contribution is -0.899. The Morgan fingerprint density at radius 3 is 2.38 bits per heavy atom. The van der Waals surface area contributed by atoms with Gasteiger partial charge in [0, 0.05) is 27.4 Å². The highest BCUT2D eigenvalue weighted by molar-refractivity contribution is 9.10. The van der Waals surface area contributed by atoms with Crippen LogP contribution in [0.25, 0.3) is 23.0 Å². The molecule has 1 aliphatic heterocycles. The molecule has 1 fully saturated rings. The Labute approximate surface area is 234 Å². The number of rotatable bonds is 8. The van der Waals surface area contributed by atoms with E-state index in [-0.39, 0.29) is 23.8 Å². The molecular weight excluding hydrogens is 563 g/mol. The van der Waals surface area contributed by atoms with Crippen LogP contribution in [-0.4, -0.2) is 54.3 Å². The summed E-state index contributed by atoms with van der Waals surface area (Å²) < 4.78 is 21.7. The highest BCUT2D eigenvalue weighted by atomic mass is 79.9. The first kappa shape index (κ1) is 26.7. The monoisotopic (exact) mass is 589 g/mol. The van der Waals surface area contributed by atoms with Gasteiger partial charge < -0.3 is 15.0 Å². The molecule has 0 bridgehead atoms. The van der Waals surface area contributed by atoms with Crippen molar-refractivity contribution in [3.8, 4) is 16.9 Å². The van der Waals surface area contributed by atoms with Gasteiger partial charge in [-0.2, -0.15) is 5.10 Å². The molecule has 2 heterocycles. The van der Waals surface area contributed by atoms with Gasteiger partial charge in [-0.1, -0.05) is 34.1 Å². The quantitative estimate of drug-likeness (QED) is 0.307. The van der Waals surface area contributed by atoms with Gasteiger partial charge in [-0.3, -0.25) is 9.59 Å². The van der Waals surface area contributed by atoms with Crippen molar-refractivity contribution < 1.29 is 23.6 Å². The number of halogens is 2. The zero-order valence-corrected chi connectivity index (χ0v) is 22.7. The summed E-state index contributed by atoms with van der Waals surface area (Å²) >= 11 is 3.38. The van der Waals surface area contributed by atoms with Crippen LogP contribution in [0.4, 0.5) is 4.39 Å². The Balaban J connectivity index is 1.55. The molecule has 3 aromatic carbocycles. The zero-order chi connectivity index (χ0) is 27.2. The first-order valence-electron chi connectivity index (χ1n) is 12.6. The van der Waals surface area contributed by atoms with E-state index in [2.05, 4.69) is 21.2 Å². The lowest BCUT2D eigenvalue weighted by Gasteiger charge is -2.23. The number of Topliss-reactive ketones (excluding diaryl/α,β-unsaturated/α-hetero) is 1. The number of carbonyl (C=O) groups excluding carboxylic acids is 2. The third kappa shape index (κ3) is 6.75. The van der Waals surface area contributed by atoms with Crippen molar-refractivity contribution in [2.24, 2.45) is 0 Å². The molecule has 4 aromatic rings. The highest BCUT2D eigenvalue weighted by Crippen LogP contribution is 2.26. The van der Waals surface area contributed by atoms with Crippen LogP contribution in [0.5, 0.6) is 0 Å². The summed E-state index contributed by atoms with van der Waals surface area (Å²) in [7, 11) is 0. The fraction of sp³-hybridized carbons (Fsp3) is 0.167. The number of amides is 1. The number of carbonyl (C=O) groups is 2. The minimum atomic E-state index is -0.391. The van der Waals surface area contributed by atoms with Gasteiger partial charge in [0.2, 0.25) is 5.78 Å². The first-order valence-corrected chi connectivity index (χ1v) is 13.4. The molecule has 5 rings (SSSR count). The number of hydrogen-bond donors (Lipinski definition) is 2. The standard InChI is InChI=1S/C30H26BrFN4O3/c31-24-10-6-22(7-11-24)30(38)33-27(28(37)20-35-14-16-39-17-15-35)18-23-19-36(26-4-2-1-3-5-26)34-29(23)21-8-12-25(32)13-9-21/h1-13,18-19H,14-17,20H2,(H,33,38)/p+1/b27-18-. The van der Waals surface area contributed by atoms with Crippen LogP contribution in [0.3, 0.4) is 0 Å². The minimum absolute atomic E-state index is 0.165. The molecule has 7 nitrogen and oxygen atoms in total. The molecule has 0 aliphatic carbocycles. The van der Waals surface area contributed by atoms with Crippen LogP contribution >= 0.6 is 15.9 Å². The Hall–Kier alpha value is -3.92. The molecule has 1 saturated heterocycles. The van der Waals surface area contributed by atoms with E-state index in [0.29, 0.717) is 48.7 Å². The summed E-state index contributed by atoms with van der Waals surface area (Å²) in [6, 6.07) is 22.5. The predicted octanol–water partition coefficient (Wildman–Crippen LogP) is 3.70. The van der Waals surface area contributed by atoms with E-state index in [0.717, 1.165) is 15.1 Å². The van der Waals surface area contributed by atoms with Crippen LogP contribution in [0.15, 0.2) is 95.2 Å². The number of quaternary nitrogens is 1. The van der Waals surface area contributed by atoms with E-state index in [1.54, 1.807) is 53.4 Å². The lowest BCUT2D eigenvalue weighted by Crippen LogP contribution is -3.15. The maximum absolute atomic E-state index is 13.7. The van der Waals surface area contributed by atoms with Gasteiger partial charge in [0.05, 0.1) is 24.6 Å². The average Bonchev–Trinajstić information content (AvgIpc) is 3.38. The number of ketones is 1. The number of nitrogens with one attached hydrogen (secondary N) is 2. The number of aromatic nitrogens is 2. The topological polar surface area (TPSA) is 77.7 Å². The van der Waals surface area contributed by atoms with Gasteiger partial charge in [-0.15, -0.1) is 0 Å². The van der Waals surface area contributed by atoms with Gasteiger partial charge in [-0.25, -0.2) is 9.07 Å². The fourth-order valence-electron chi connectivity index (χ4n) is 4.33. The van der Waals surface area contributed by atoms with Crippen LogP contribution in [0.1, 0.15) is 15.9 Å². The zero-order valence-electron chi connectivity index (χ0n) is 21.1. The summed E-state index contributed by atoms with van der Waals surface area (Å²) in [6.07, 6.45) is 3.46. The number of hydrogen-bond acceptors (Lipinski definition) is 4. The molecule has 0 saturated carbocycles. The number of benzene rings is 3. The largest absolute Gasteiger partial charge is 0.370 e. The highest BCUT2D eigenvalue weighted by Gasteiger charge is 2.23.